The lowest BCUT2D eigenvalue weighted by molar-refractivity contribution is -0.140. The lowest BCUT2D eigenvalue weighted by Crippen LogP contribution is -2.29. The number of rotatable bonds is 7. The van der Waals surface area contributed by atoms with E-state index in [1.807, 2.05) is 20.8 Å². The number of hydrogen-bond acceptors (Lipinski definition) is 1. The van der Waals surface area contributed by atoms with E-state index >= 15 is 0 Å². The van der Waals surface area contributed by atoms with Gasteiger partial charge in [-0.15, -0.1) is 0 Å². The van der Waals surface area contributed by atoms with Crippen molar-refractivity contribution >= 4 is 0 Å². The van der Waals surface area contributed by atoms with E-state index in [2.05, 4.69) is 5.32 Å². The van der Waals surface area contributed by atoms with Gasteiger partial charge in [-0.1, -0.05) is 39.7 Å². The zero-order chi connectivity index (χ0) is 16.0. The summed E-state index contributed by atoms with van der Waals surface area (Å²) in [5.74, 6) is -0.992. The van der Waals surface area contributed by atoms with Crippen LogP contribution >= 0.6 is 0 Å². The van der Waals surface area contributed by atoms with Crippen LogP contribution in [0, 0.1) is 11.7 Å². The second kappa shape index (κ2) is 7.78. The molecule has 0 saturated carbocycles. The van der Waals surface area contributed by atoms with Gasteiger partial charge < -0.3 is 5.32 Å². The molecule has 0 radical (unpaired) electrons. The summed E-state index contributed by atoms with van der Waals surface area (Å²) in [4.78, 5) is 0. The summed E-state index contributed by atoms with van der Waals surface area (Å²) in [6, 6.07) is 3.14. The zero-order valence-corrected chi connectivity index (χ0v) is 12.7. The van der Waals surface area contributed by atoms with Crippen LogP contribution in [-0.2, 0) is 6.18 Å². The first-order valence-electron chi connectivity index (χ1n) is 7.45. The van der Waals surface area contributed by atoms with E-state index < -0.39 is 17.6 Å². The van der Waals surface area contributed by atoms with Gasteiger partial charge in [0.2, 0.25) is 0 Å². The maximum absolute atomic E-state index is 13.4. The normalized spacial score (nSPS) is 13.7. The predicted molar refractivity (Wildman–Crippen MR) is 76.5 cm³/mol. The predicted octanol–water partition coefficient (Wildman–Crippen LogP) is 5.32. The summed E-state index contributed by atoms with van der Waals surface area (Å²) in [6.07, 6.45) is -2.06. The molecule has 0 heterocycles. The number of alkyl halides is 3. The number of nitrogens with one attached hydrogen (secondary N) is 1. The monoisotopic (exact) mass is 305 g/mol. The number of hydrogen-bond donors (Lipinski definition) is 1. The van der Waals surface area contributed by atoms with Gasteiger partial charge in [0.25, 0.3) is 0 Å². The molecule has 0 aromatic heterocycles. The largest absolute Gasteiger partial charge is 0.419 e. The molecule has 21 heavy (non-hydrogen) atoms. The molecule has 0 fully saturated rings. The van der Waals surface area contributed by atoms with Crippen LogP contribution in [0.1, 0.15) is 57.2 Å². The van der Waals surface area contributed by atoms with Crippen LogP contribution in [0.15, 0.2) is 18.2 Å². The van der Waals surface area contributed by atoms with Crippen LogP contribution in [0.5, 0.6) is 0 Å². The van der Waals surface area contributed by atoms with Gasteiger partial charge in [0.1, 0.15) is 5.82 Å². The summed E-state index contributed by atoms with van der Waals surface area (Å²) in [6.45, 7) is 6.76. The maximum Gasteiger partial charge on any atom is 0.419 e. The highest BCUT2D eigenvalue weighted by atomic mass is 19.4. The van der Waals surface area contributed by atoms with Crippen molar-refractivity contribution in [3.63, 3.8) is 0 Å². The molecule has 1 N–H and O–H groups in total. The van der Waals surface area contributed by atoms with Crippen LogP contribution in [-0.4, -0.2) is 6.54 Å². The first-order chi connectivity index (χ1) is 9.85. The Morgan fingerprint density at radius 2 is 1.71 bits per heavy atom. The third kappa shape index (κ3) is 4.70. The molecule has 1 unspecified atom stereocenters. The van der Waals surface area contributed by atoms with E-state index in [0.29, 0.717) is 5.56 Å². The van der Waals surface area contributed by atoms with Gasteiger partial charge in [-0.3, -0.25) is 0 Å². The highest BCUT2D eigenvalue weighted by Gasteiger charge is 2.35. The fourth-order valence-electron chi connectivity index (χ4n) is 2.57. The van der Waals surface area contributed by atoms with Crippen molar-refractivity contribution in [3.8, 4) is 0 Å². The van der Waals surface area contributed by atoms with Gasteiger partial charge >= 0.3 is 6.18 Å². The molecule has 5 heteroatoms. The van der Waals surface area contributed by atoms with E-state index in [4.69, 9.17) is 0 Å². The SMILES string of the molecule is CCCNC(c1ccc(F)c(C(F)(F)F)c1)C(CC)CC. The molecule has 0 aliphatic rings. The van der Waals surface area contributed by atoms with E-state index in [9.17, 15) is 17.6 Å². The second-order valence-electron chi connectivity index (χ2n) is 5.25. The minimum atomic E-state index is -4.66. The van der Waals surface area contributed by atoms with Gasteiger partial charge in [-0.25, -0.2) is 4.39 Å². The van der Waals surface area contributed by atoms with Crippen molar-refractivity contribution in [1.29, 1.82) is 0 Å². The first-order valence-corrected chi connectivity index (χ1v) is 7.45. The Morgan fingerprint density at radius 1 is 1.10 bits per heavy atom. The fraction of sp³-hybridized carbons (Fsp3) is 0.625. The molecule has 0 aliphatic heterocycles. The Balaban J connectivity index is 3.18. The topological polar surface area (TPSA) is 12.0 Å². The average Bonchev–Trinajstić information content (AvgIpc) is 2.43. The van der Waals surface area contributed by atoms with E-state index in [0.717, 1.165) is 37.9 Å². The summed E-state index contributed by atoms with van der Waals surface area (Å²) in [7, 11) is 0. The standard InChI is InChI=1S/C16H23F4N/c1-4-9-21-15(11(5-2)6-3)12-7-8-14(17)13(10-12)16(18,19)20/h7-8,10-11,15,21H,4-6,9H2,1-3H3. The summed E-state index contributed by atoms with van der Waals surface area (Å²) >= 11 is 0. The summed E-state index contributed by atoms with van der Waals surface area (Å²) in [5, 5.41) is 3.30. The third-order valence-corrected chi connectivity index (χ3v) is 3.79. The van der Waals surface area contributed by atoms with Crippen LogP contribution < -0.4 is 5.32 Å². The molecule has 120 valence electrons. The molecule has 1 aromatic rings. The first kappa shape index (κ1) is 18.0. The van der Waals surface area contributed by atoms with Gasteiger partial charge in [0.15, 0.2) is 0 Å². The zero-order valence-electron chi connectivity index (χ0n) is 12.7. The molecular formula is C16H23F4N. The van der Waals surface area contributed by atoms with Crippen molar-refractivity contribution in [3.05, 3.63) is 35.1 Å². The highest BCUT2D eigenvalue weighted by Crippen LogP contribution is 2.35. The molecule has 1 rings (SSSR count). The van der Waals surface area contributed by atoms with E-state index in [1.165, 1.54) is 6.07 Å². The molecule has 0 spiro atoms. The molecule has 0 saturated heterocycles. The Kier molecular flexibility index (Phi) is 6.65. The van der Waals surface area contributed by atoms with E-state index in [1.54, 1.807) is 0 Å². The van der Waals surface area contributed by atoms with Gasteiger partial charge in [-0.05, 0) is 36.6 Å². The fourth-order valence-corrected chi connectivity index (χ4v) is 2.57. The van der Waals surface area contributed by atoms with Gasteiger partial charge in [0.05, 0.1) is 5.56 Å². The minimum absolute atomic E-state index is 0.179. The smallest absolute Gasteiger partial charge is 0.310 e. The highest BCUT2D eigenvalue weighted by molar-refractivity contribution is 5.30. The molecule has 0 bridgehead atoms. The number of benzene rings is 1. The van der Waals surface area contributed by atoms with E-state index in [-0.39, 0.29) is 12.0 Å². The molecule has 1 aromatic carbocycles. The van der Waals surface area contributed by atoms with Gasteiger partial charge in [0, 0.05) is 6.04 Å². The Hall–Kier alpha value is -1.10. The van der Waals surface area contributed by atoms with Crippen molar-refractivity contribution in [2.24, 2.45) is 5.92 Å². The minimum Gasteiger partial charge on any atom is -0.310 e. The van der Waals surface area contributed by atoms with Crippen molar-refractivity contribution in [2.75, 3.05) is 6.54 Å². The second-order valence-corrected chi connectivity index (χ2v) is 5.25. The maximum atomic E-state index is 13.4. The van der Waals surface area contributed by atoms with Crippen molar-refractivity contribution < 1.29 is 17.6 Å². The Bertz CT molecular complexity index is 438. The molecule has 1 atom stereocenters. The number of halogens is 4. The molecule has 1 nitrogen and oxygen atoms in total. The lowest BCUT2D eigenvalue weighted by Gasteiger charge is -2.27. The van der Waals surface area contributed by atoms with Crippen LogP contribution in [0.2, 0.25) is 0 Å². The molecular weight excluding hydrogens is 282 g/mol. The van der Waals surface area contributed by atoms with Crippen LogP contribution in [0.3, 0.4) is 0 Å². The van der Waals surface area contributed by atoms with Crippen molar-refractivity contribution in [2.45, 2.75) is 52.3 Å². The molecule has 0 aliphatic carbocycles. The summed E-state index contributed by atoms with van der Waals surface area (Å²) < 4.78 is 52.0. The van der Waals surface area contributed by atoms with Gasteiger partial charge in [-0.2, -0.15) is 13.2 Å². The summed E-state index contributed by atoms with van der Waals surface area (Å²) in [5.41, 5.74) is -0.680. The third-order valence-electron chi connectivity index (χ3n) is 3.79. The quantitative estimate of drug-likeness (QED) is 0.672. The Morgan fingerprint density at radius 3 is 2.19 bits per heavy atom. The Labute approximate surface area is 123 Å². The van der Waals surface area contributed by atoms with Crippen molar-refractivity contribution in [1.82, 2.24) is 5.32 Å². The molecule has 0 amide bonds. The average molecular weight is 305 g/mol. The van der Waals surface area contributed by atoms with Crippen LogP contribution in [0.25, 0.3) is 0 Å². The lowest BCUT2D eigenvalue weighted by atomic mass is 9.88. The van der Waals surface area contributed by atoms with Crippen LogP contribution in [0.4, 0.5) is 17.6 Å².